The summed E-state index contributed by atoms with van der Waals surface area (Å²) < 4.78 is 0. The molecule has 0 unspecified atom stereocenters. The van der Waals surface area contributed by atoms with Crippen molar-refractivity contribution in [2.24, 2.45) is 0 Å². The van der Waals surface area contributed by atoms with Gasteiger partial charge in [-0.1, -0.05) is 24.3 Å². The minimum Gasteiger partial charge on any atom is -0.477 e. The van der Waals surface area contributed by atoms with Crippen molar-refractivity contribution < 1.29 is 9.90 Å². The molecule has 1 radical (unpaired) electrons. The molecule has 0 aromatic heterocycles. The molecule has 1 saturated heterocycles. The first-order valence-corrected chi connectivity index (χ1v) is 5.79. The number of nitrogens with zero attached hydrogens (tertiary/aromatic N) is 1. The van der Waals surface area contributed by atoms with Gasteiger partial charge in [0.05, 0.1) is 0 Å². The minimum atomic E-state index is -0.866. The van der Waals surface area contributed by atoms with E-state index in [0.717, 1.165) is 37.1 Å². The molecule has 1 fully saturated rings. The summed E-state index contributed by atoms with van der Waals surface area (Å²) >= 11 is 0. The van der Waals surface area contributed by atoms with Crippen LogP contribution in [0.5, 0.6) is 0 Å². The van der Waals surface area contributed by atoms with E-state index in [2.05, 4.69) is 6.92 Å². The van der Waals surface area contributed by atoms with E-state index in [1.807, 2.05) is 29.2 Å². The number of rotatable bonds is 3. The zero-order valence-corrected chi connectivity index (χ0v) is 9.72. The van der Waals surface area contributed by atoms with Gasteiger partial charge in [0.1, 0.15) is 5.70 Å². The number of carboxylic acid groups (broad SMARTS) is 1. The van der Waals surface area contributed by atoms with Crippen molar-refractivity contribution in [1.82, 2.24) is 4.90 Å². The first-order chi connectivity index (χ1) is 8.18. The second kappa shape index (κ2) is 5.04. The zero-order valence-electron chi connectivity index (χ0n) is 9.72. The Hall–Kier alpha value is -1.77. The van der Waals surface area contributed by atoms with Crippen molar-refractivity contribution in [2.45, 2.75) is 12.8 Å². The Kier molecular flexibility index (Phi) is 3.47. The van der Waals surface area contributed by atoms with Crippen LogP contribution in [0.4, 0.5) is 0 Å². The van der Waals surface area contributed by atoms with Crippen molar-refractivity contribution in [1.29, 1.82) is 0 Å². The maximum absolute atomic E-state index is 11.3. The van der Waals surface area contributed by atoms with Crippen molar-refractivity contribution >= 4 is 12.0 Å². The summed E-state index contributed by atoms with van der Waals surface area (Å²) in [5.74, 6) is -0.866. The number of carbonyl (C=O) groups is 1. The largest absolute Gasteiger partial charge is 0.477 e. The first-order valence-electron chi connectivity index (χ1n) is 5.79. The van der Waals surface area contributed by atoms with Crippen molar-refractivity contribution in [2.75, 3.05) is 13.1 Å². The Morgan fingerprint density at radius 3 is 2.53 bits per heavy atom. The third kappa shape index (κ3) is 2.67. The van der Waals surface area contributed by atoms with Gasteiger partial charge in [-0.3, -0.25) is 0 Å². The van der Waals surface area contributed by atoms with E-state index >= 15 is 0 Å². The van der Waals surface area contributed by atoms with E-state index in [-0.39, 0.29) is 0 Å². The van der Waals surface area contributed by atoms with E-state index in [9.17, 15) is 9.90 Å². The number of likely N-dealkylation sites (tertiary alicyclic amines) is 1. The summed E-state index contributed by atoms with van der Waals surface area (Å²) in [6, 6.07) is 7.57. The molecule has 3 nitrogen and oxygen atoms in total. The van der Waals surface area contributed by atoms with Crippen LogP contribution in [-0.2, 0) is 4.79 Å². The maximum Gasteiger partial charge on any atom is 0.352 e. The molecule has 17 heavy (non-hydrogen) atoms. The lowest BCUT2D eigenvalue weighted by Gasteiger charge is -2.18. The lowest BCUT2D eigenvalue weighted by atomic mass is 10.1. The van der Waals surface area contributed by atoms with Crippen LogP contribution in [-0.4, -0.2) is 29.1 Å². The van der Waals surface area contributed by atoms with Gasteiger partial charge in [-0.05, 0) is 37.0 Å². The Morgan fingerprint density at radius 2 is 1.94 bits per heavy atom. The van der Waals surface area contributed by atoms with E-state index in [0.29, 0.717) is 5.70 Å². The third-order valence-corrected chi connectivity index (χ3v) is 3.01. The fraction of sp³-hybridized carbons (Fsp3) is 0.286. The van der Waals surface area contributed by atoms with Gasteiger partial charge in [-0.15, -0.1) is 0 Å². The lowest BCUT2D eigenvalue weighted by Crippen LogP contribution is -2.24. The number of hydrogen-bond acceptors (Lipinski definition) is 2. The van der Waals surface area contributed by atoms with Gasteiger partial charge in [-0.25, -0.2) is 4.79 Å². The third-order valence-electron chi connectivity index (χ3n) is 3.01. The quantitative estimate of drug-likeness (QED) is 0.810. The maximum atomic E-state index is 11.3. The van der Waals surface area contributed by atoms with Gasteiger partial charge in [0.2, 0.25) is 0 Å². The average molecular weight is 230 g/mol. The second-order valence-electron chi connectivity index (χ2n) is 4.23. The molecule has 2 rings (SSSR count). The Morgan fingerprint density at radius 1 is 1.29 bits per heavy atom. The summed E-state index contributed by atoms with van der Waals surface area (Å²) in [6.45, 7) is 5.57. The van der Waals surface area contributed by atoms with Crippen LogP contribution in [0.1, 0.15) is 24.0 Å². The van der Waals surface area contributed by atoms with Crippen LogP contribution >= 0.6 is 0 Å². The molecule has 1 aromatic carbocycles. The number of hydrogen-bond donors (Lipinski definition) is 1. The van der Waals surface area contributed by atoms with E-state index in [4.69, 9.17) is 0 Å². The molecule has 1 aliphatic rings. The topological polar surface area (TPSA) is 40.5 Å². The number of benzene rings is 1. The van der Waals surface area contributed by atoms with Crippen LogP contribution in [0.25, 0.3) is 6.08 Å². The SMILES string of the molecule is [CH2]c1ccccc1C=C(C(=O)O)N1CCCC1. The van der Waals surface area contributed by atoms with Crippen LogP contribution in [0, 0.1) is 6.92 Å². The summed E-state index contributed by atoms with van der Waals surface area (Å²) in [4.78, 5) is 13.2. The molecule has 89 valence electrons. The molecule has 0 atom stereocenters. The van der Waals surface area contributed by atoms with Gasteiger partial charge in [0.15, 0.2) is 0 Å². The highest BCUT2D eigenvalue weighted by Gasteiger charge is 2.20. The molecular formula is C14H16NO2. The highest BCUT2D eigenvalue weighted by Crippen LogP contribution is 2.19. The first kappa shape index (κ1) is 11.7. The predicted octanol–water partition coefficient (Wildman–Crippen LogP) is 2.39. The smallest absolute Gasteiger partial charge is 0.352 e. The predicted molar refractivity (Wildman–Crippen MR) is 67.3 cm³/mol. The number of carboxylic acids is 1. The molecule has 1 aliphatic heterocycles. The highest BCUT2D eigenvalue weighted by molar-refractivity contribution is 5.91. The van der Waals surface area contributed by atoms with Crippen LogP contribution in [0.2, 0.25) is 0 Å². The van der Waals surface area contributed by atoms with Gasteiger partial charge in [-0.2, -0.15) is 0 Å². The number of aliphatic carboxylic acids is 1. The molecule has 0 spiro atoms. The summed E-state index contributed by atoms with van der Waals surface area (Å²) in [5.41, 5.74) is 2.10. The normalized spacial score (nSPS) is 16.3. The van der Waals surface area contributed by atoms with E-state index in [1.54, 1.807) is 6.08 Å². The monoisotopic (exact) mass is 230 g/mol. The second-order valence-corrected chi connectivity index (χ2v) is 4.23. The fourth-order valence-electron chi connectivity index (χ4n) is 2.07. The van der Waals surface area contributed by atoms with Gasteiger partial charge in [0.25, 0.3) is 0 Å². The fourth-order valence-corrected chi connectivity index (χ4v) is 2.07. The molecule has 1 aromatic rings. The van der Waals surface area contributed by atoms with Crippen molar-refractivity contribution in [3.8, 4) is 0 Å². The molecule has 0 aliphatic carbocycles. The summed E-state index contributed by atoms with van der Waals surface area (Å²) in [6.07, 6.45) is 3.85. The molecule has 1 heterocycles. The molecule has 0 saturated carbocycles. The molecule has 0 bridgehead atoms. The summed E-state index contributed by atoms with van der Waals surface area (Å²) in [5, 5.41) is 9.26. The molecule has 3 heteroatoms. The van der Waals surface area contributed by atoms with Crippen molar-refractivity contribution in [3.05, 3.63) is 48.0 Å². The highest BCUT2D eigenvalue weighted by atomic mass is 16.4. The van der Waals surface area contributed by atoms with Gasteiger partial charge < -0.3 is 10.0 Å². The summed E-state index contributed by atoms with van der Waals surface area (Å²) in [7, 11) is 0. The van der Waals surface area contributed by atoms with Crippen molar-refractivity contribution in [3.63, 3.8) is 0 Å². The Balaban J connectivity index is 2.33. The van der Waals surface area contributed by atoms with Crippen LogP contribution in [0.15, 0.2) is 30.0 Å². The van der Waals surface area contributed by atoms with Gasteiger partial charge >= 0.3 is 5.97 Å². The molecule has 1 N–H and O–H groups in total. The average Bonchev–Trinajstić information content (AvgIpc) is 2.81. The molecule has 0 amide bonds. The van der Waals surface area contributed by atoms with Crippen LogP contribution in [0.3, 0.4) is 0 Å². The van der Waals surface area contributed by atoms with Crippen LogP contribution < -0.4 is 0 Å². The zero-order chi connectivity index (χ0) is 12.3. The van der Waals surface area contributed by atoms with E-state index < -0.39 is 5.97 Å². The minimum absolute atomic E-state index is 0.374. The lowest BCUT2D eigenvalue weighted by molar-refractivity contribution is -0.134. The standard InChI is InChI=1S/C14H16NO2/c1-11-6-2-3-7-12(11)10-13(14(16)17)15-8-4-5-9-15/h2-3,6-7,10H,1,4-5,8-9H2,(H,16,17). The van der Waals surface area contributed by atoms with E-state index in [1.165, 1.54) is 0 Å². The Bertz CT molecular complexity index is 445. The molecular weight excluding hydrogens is 214 g/mol. The Labute approximate surface area is 101 Å². The van der Waals surface area contributed by atoms with Gasteiger partial charge in [0, 0.05) is 13.1 Å².